The molecule has 0 saturated heterocycles. The highest BCUT2D eigenvalue weighted by atomic mass is 32.2. The average Bonchev–Trinajstić information content (AvgIpc) is 2.36. The van der Waals surface area contributed by atoms with Crippen molar-refractivity contribution < 1.29 is 21.6 Å². The second-order valence-corrected chi connectivity index (χ2v) is 5.87. The van der Waals surface area contributed by atoms with Crippen LogP contribution < -0.4 is 10.5 Å². The summed E-state index contributed by atoms with van der Waals surface area (Å²) < 4.78 is 65.7. The monoisotopic (exact) mass is 316 g/mol. The lowest BCUT2D eigenvalue weighted by molar-refractivity contribution is 0.583. The van der Waals surface area contributed by atoms with Gasteiger partial charge in [-0.15, -0.1) is 0 Å². The van der Waals surface area contributed by atoms with Gasteiger partial charge in [0.05, 0.1) is 10.6 Å². The third kappa shape index (κ3) is 3.53. The van der Waals surface area contributed by atoms with Crippen LogP contribution in [0.1, 0.15) is 5.56 Å². The molecule has 2 aromatic rings. The van der Waals surface area contributed by atoms with Gasteiger partial charge in [0.15, 0.2) is 0 Å². The van der Waals surface area contributed by atoms with Crippen molar-refractivity contribution in [3.63, 3.8) is 0 Å². The van der Waals surface area contributed by atoms with Crippen LogP contribution in [0.25, 0.3) is 0 Å². The van der Waals surface area contributed by atoms with E-state index in [4.69, 9.17) is 5.73 Å². The van der Waals surface area contributed by atoms with Crippen LogP contribution in [0.5, 0.6) is 0 Å². The number of anilines is 1. The fraction of sp³-hybridized carbons (Fsp3) is 0.0769. The maximum Gasteiger partial charge on any atom is 0.262 e. The molecule has 0 aliphatic rings. The zero-order valence-corrected chi connectivity index (χ0v) is 11.4. The zero-order chi connectivity index (χ0) is 15.6. The molecule has 0 bridgehead atoms. The summed E-state index contributed by atoms with van der Waals surface area (Å²) in [6, 6.07) is 5.31. The lowest BCUT2D eigenvalue weighted by Crippen LogP contribution is -2.17. The molecule has 0 aliphatic carbocycles. The molecule has 0 aliphatic heterocycles. The summed E-state index contributed by atoms with van der Waals surface area (Å²) in [6.45, 7) is -0.131. The Labute approximate surface area is 119 Å². The van der Waals surface area contributed by atoms with Crippen molar-refractivity contribution in [2.45, 2.75) is 11.4 Å². The SMILES string of the molecule is NCc1ccc(F)cc1S(=O)(=O)Nc1cc(F)cc(F)c1. The van der Waals surface area contributed by atoms with E-state index in [1.165, 1.54) is 6.07 Å². The zero-order valence-electron chi connectivity index (χ0n) is 10.6. The van der Waals surface area contributed by atoms with E-state index in [0.717, 1.165) is 24.3 Å². The van der Waals surface area contributed by atoms with Crippen molar-refractivity contribution in [2.24, 2.45) is 5.73 Å². The van der Waals surface area contributed by atoms with Crippen LogP contribution >= 0.6 is 0 Å². The largest absolute Gasteiger partial charge is 0.326 e. The lowest BCUT2D eigenvalue weighted by atomic mass is 10.2. The van der Waals surface area contributed by atoms with E-state index in [1.807, 2.05) is 4.72 Å². The number of benzene rings is 2. The van der Waals surface area contributed by atoms with Crippen molar-refractivity contribution in [3.05, 3.63) is 59.4 Å². The van der Waals surface area contributed by atoms with Crippen molar-refractivity contribution in [1.29, 1.82) is 0 Å². The second-order valence-electron chi connectivity index (χ2n) is 4.22. The fourth-order valence-electron chi connectivity index (χ4n) is 1.77. The first-order chi connectivity index (χ1) is 9.81. The topological polar surface area (TPSA) is 72.2 Å². The highest BCUT2D eigenvalue weighted by Gasteiger charge is 2.19. The standard InChI is InChI=1S/C13H11F3N2O2S/c14-9-2-1-8(7-17)13(6-9)21(19,20)18-12-4-10(15)3-11(16)5-12/h1-6,18H,7,17H2. The van der Waals surface area contributed by atoms with Gasteiger partial charge in [-0.3, -0.25) is 4.72 Å². The number of hydrogen-bond acceptors (Lipinski definition) is 3. The first kappa shape index (κ1) is 15.3. The Kier molecular flexibility index (Phi) is 4.19. The summed E-state index contributed by atoms with van der Waals surface area (Å²) in [5.41, 5.74) is 5.28. The van der Waals surface area contributed by atoms with Gasteiger partial charge in [0.2, 0.25) is 0 Å². The van der Waals surface area contributed by atoms with E-state index >= 15 is 0 Å². The predicted molar refractivity (Wildman–Crippen MR) is 71.5 cm³/mol. The Morgan fingerprint density at radius 1 is 0.952 bits per heavy atom. The van der Waals surface area contributed by atoms with E-state index in [2.05, 4.69) is 0 Å². The Morgan fingerprint density at radius 3 is 2.14 bits per heavy atom. The van der Waals surface area contributed by atoms with Gasteiger partial charge in [-0.2, -0.15) is 0 Å². The van der Waals surface area contributed by atoms with Crippen molar-refractivity contribution in [2.75, 3.05) is 4.72 Å². The minimum absolute atomic E-state index is 0.131. The van der Waals surface area contributed by atoms with Gasteiger partial charge in [0, 0.05) is 12.6 Å². The molecular weight excluding hydrogens is 305 g/mol. The van der Waals surface area contributed by atoms with Gasteiger partial charge in [-0.05, 0) is 29.8 Å². The Morgan fingerprint density at radius 2 is 1.57 bits per heavy atom. The summed E-state index contributed by atoms with van der Waals surface area (Å²) in [6.07, 6.45) is 0. The van der Waals surface area contributed by atoms with Crippen LogP contribution in [0, 0.1) is 17.5 Å². The van der Waals surface area contributed by atoms with Gasteiger partial charge in [0.25, 0.3) is 10.0 Å². The van der Waals surface area contributed by atoms with Crippen LogP contribution in [0.4, 0.5) is 18.9 Å². The molecule has 0 fully saturated rings. The highest BCUT2D eigenvalue weighted by Crippen LogP contribution is 2.22. The van der Waals surface area contributed by atoms with Crippen molar-refractivity contribution in [3.8, 4) is 0 Å². The minimum Gasteiger partial charge on any atom is -0.326 e. The van der Waals surface area contributed by atoms with Gasteiger partial charge in [-0.1, -0.05) is 6.07 Å². The molecule has 0 spiro atoms. The Hall–Kier alpha value is -2.06. The van der Waals surface area contributed by atoms with Crippen LogP contribution in [0.2, 0.25) is 0 Å². The summed E-state index contributed by atoms with van der Waals surface area (Å²) >= 11 is 0. The molecule has 21 heavy (non-hydrogen) atoms. The molecule has 8 heteroatoms. The van der Waals surface area contributed by atoms with E-state index < -0.39 is 27.5 Å². The van der Waals surface area contributed by atoms with Crippen LogP contribution in [-0.4, -0.2) is 8.42 Å². The number of nitrogens with one attached hydrogen (secondary N) is 1. The average molecular weight is 316 g/mol. The van der Waals surface area contributed by atoms with Gasteiger partial charge < -0.3 is 5.73 Å². The molecule has 112 valence electrons. The summed E-state index contributed by atoms with van der Waals surface area (Å²) in [4.78, 5) is -0.380. The number of sulfonamides is 1. The van der Waals surface area contributed by atoms with E-state index in [9.17, 15) is 21.6 Å². The summed E-state index contributed by atoms with van der Waals surface area (Å²) in [7, 11) is -4.22. The predicted octanol–water partition coefficient (Wildman–Crippen LogP) is 2.36. The molecule has 0 unspecified atom stereocenters. The smallest absolute Gasteiger partial charge is 0.262 e. The minimum atomic E-state index is -4.22. The molecule has 0 heterocycles. The maximum absolute atomic E-state index is 13.2. The van der Waals surface area contributed by atoms with Crippen LogP contribution in [0.3, 0.4) is 0 Å². The maximum atomic E-state index is 13.2. The normalized spacial score (nSPS) is 11.4. The third-order valence-corrected chi connectivity index (χ3v) is 4.12. The second kappa shape index (κ2) is 5.74. The number of halogens is 3. The molecule has 0 amide bonds. The Balaban J connectivity index is 2.45. The van der Waals surface area contributed by atoms with Crippen molar-refractivity contribution >= 4 is 15.7 Å². The first-order valence-electron chi connectivity index (χ1n) is 5.79. The quantitative estimate of drug-likeness (QED) is 0.909. The van der Waals surface area contributed by atoms with Crippen molar-refractivity contribution in [1.82, 2.24) is 0 Å². The third-order valence-electron chi connectivity index (χ3n) is 2.65. The molecule has 0 aromatic heterocycles. The molecule has 2 aromatic carbocycles. The highest BCUT2D eigenvalue weighted by molar-refractivity contribution is 7.92. The molecule has 3 N–H and O–H groups in total. The lowest BCUT2D eigenvalue weighted by Gasteiger charge is -2.11. The number of rotatable bonds is 4. The van der Waals surface area contributed by atoms with Crippen LogP contribution in [-0.2, 0) is 16.6 Å². The summed E-state index contributed by atoms with van der Waals surface area (Å²) in [5, 5.41) is 0. The molecule has 0 radical (unpaired) electrons. The fourth-order valence-corrected chi connectivity index (χ4v) is 3.07. The Bertz CT molecular complexity index is 759. The first-order valence-corrected chi connectivity index (χ1v) is 7.27. The number of nitrogens with two attached hydrogens (primary N) is 1. The number of hydrogen-bond donors (Lipinski definition) is 2. The van der Waals surface area contributed by atoms with Gasteiger partial charge in [0.1, 0.15) is 17.5 Å². The van der Waals surface area contributed by atoms with Gasteiger partial charge in [-0.25, -0.2) is 21.6 Å². The van der Waals surface area contributed by atoms with E-state index in [0.29, 0.717) is 6.07 Å². The van der Waals surface area contributed by atoms with E-state index in [-0.39, 0.29) is 22.7 Å². The van der Waals surface area contributed by atoms with E-state index in [1.54, 1.807) is 0 Å². The molecule has 4 nitrogen and oxygen atoms in total. The molecule has 0 saturated carbocycles. The molecule has 2 rings (SSSR count). The van der Waals surface area contributed by atoms with Crippen LogP contribution in [0.15, 0.2) is 41.3 Å². The van der Waals surface area contributed by atoms with Gasteiger partial charge >= 0.3 is 0 Å². The summed E-state index contributed by atoms with van der Waals surface area (Å²) in [5.74, 6) is -2.64. The molecule has 0 atom stereocenters. The molecular formula is C13H11F3N2O2S.